The van der Waals surface area contributed by atoms with Crippen LogP contribution >= 0.6 is 0 Å². The van der Waals surface area contributed by atoms with Crippen LogP contribution in [0, 0.1) is 0 Å². The van der Waals surface area contributed by atoms with Gasteiger partial charge in [-0.2, -0.15) is 0 Å². The second kappa shape index (κ2) is 6.96. The summed E-state index contributed by atoms with van der Waals surface area (Å²) < 4.78 is 1.91. The quantitative estimate of drug-likeness (QED) is 0.606. The lowest BCUT2D eigenvalue weighted by atomic mass is 9.94. The molecule has 0 unspecified atom stereocenters. The minimum atomic E-state index is 0.422. The highest BCUT2D eigenvalue weighted by atomic mass is 15.1. The van der Waals surface area contributed by atoms with Gasteiger partial charge in [0.05, 0.1) is 11.9 Å². The van der Waals surface area contributed by atoms with E-state index in [0.717, 1.165) is 37.6 Å². The summed E-state index contributed by atoms with van der Waals surface area (Å²) in [5, 5.41) is 1.28. The van der Waals surface area contributed by atoms with Crippen LogP contribution in [0.2, 0.25) is 0 Å². The van der Waals surface area contributed by atoms with Gasteiger partial charge in [-0.25, -0.2) is 9.97 Å². The van der Waals surface area contributed by atoms with Crippen molar-refractivity contribution < 1.29 is 0 Å². The van der Waals surface area contributed by atoms with Gasteiger partial charge in [0.1, 0.15) is 6.33 Å². The van der Waals surface area contributed by atoms with E-state index in [1.165, 1.54) is 22.9 Å². The molecule has 0 spiro atoms. The Hall–Kier alpha value is -2.99. The molecule has 136 valence electrons. The van der Waals surface area contributed by atoms with E-state index in [1.807, 2.05) is 23.2 Å². The van der Waals surface area contributed by atoms with E-state index in [4.69, 9.17) is 4.98 Å². The van der Waals surface area contributed by atoms with E-state index < -0.39 is 0 Å². The number of imidazole rings is 1. The Labute approximate surface area is 157 Å². The molecular weight excluding hydrogens is 336 g/mol. The molecule has 5 rings (SSSR count). The van der Waals surface area contributed by atoms with E-state index in [0.29, 0.717) is 5.92 Å². The van der Waals surface area contributed by atoms with Gasteiger partial charge in [-0.1, -0.05) is 6.07 Å². The van der Waals surface area contributed by atoms with Crippen LogP contribution in [0.25, 0.3) is 16.7 Å². The minimum Gasteiger partial charge on any atom is -0.361 e. The van der Waals surface area contributed by atoms with Gasteiger partial charge in [-0.05, 0) is 48.5 Å². The van der Waals surface area contributed by atoms with Crippen molar-refractivity contribution in [3.05, 3.63) is 72.8 Å². The molecule has 1 aliphatic rings. The number of aromatic nitrogens is 5. The van der Waals surface area contributed by atoms with Crippen molar-refractivity contribution in [3.63, 3.8) is 0 Å². The molecule has 4 aromatic rings. The Bertz CT molecular complexity index is 1040. The fraction of sp³-hybridized carbons (Fsp3) is 0.286. The van der Waals surface area contributed by atoms with Crippen LogP contribution < -0.4 is 0 Å². The third-order valence-corrected chi connectivity index (χ3v) is 5.36. The monoisotopic (exact) mass is 358 g/mol. The molecule has 1 aliphatic heterocycles. The average molecular weight is 358 g/mol. The molecule has 6 nitrogen and oxygen atoms in total. The van der Waals surface area contributed by atoms with E-state index in [2.05, 4.69) is 44.1 Å². The van der Waals surface area contributed by atoms with Crippen molar-refractivity contribution in [2.24, 2.45) is 0 Å². The highest BCUT2D eigenvalue weighted by molar-refractivity contribution is 5.79. The van der Waals surface area contributed by atoms with E-state index in [1.54, 1.807) is 18.7 Å². The largest absolute Gasteiger partial charge is 0.361 e. The van der Waals surface area contributed by atoms with Gasteiger partial charge in [0.15, 0.2) is 5.82 Å². The number of rotatable bonds is 4. The molecule has 1 N–H and O–H groups in total. The maximum absolute atomic E-state index is 4.84. The molecule has 0 bridgehead atoms. The zero-order valence-corrected chi connectivity index (χ0v) is 15.1. The summed E-state index contributed by atoms with van der Waals surface area (Å²) in [6, 6.07) is 8.82. The van der Waals surface area contributed by atoms with Crippen molar-refractivity contribution >= 4 is 10.9 Å². The van der Waals surface area contributed by atoms with Crippen molar-refractivity contribution in [2.45, 2.75) is 25.3 Å². The van der Waals surface area contributed by atoms with E-state index >= 15 is 0 Å². The first kappa shape index (κ1) is 16.2. The third kappa shape index (κ3) is 3.36. The number of nitrogens with one attached hydrogen (secondary N) is 1. The van der Waals surface area contributed by atoms with Gasteiger partial charge in [-0.15, -0.1) is 0 Å². The molecule has 0 saturated carbocycles. The van der Waals surface area contributed by atoms with Crippen molar-refractivity contribution in [2.75, 3.05) is 13.1 Å². The maximum atomic E-state index is 4.84. The van der Waals surface area contributed by atoms with E-state index in [9.17, 15) is 0 Å². The minimum absolute atomic E-state index is 0.422. The number of hydrogen-bond acceptors (Lipinski definition) is 4. The molecular formula is C21H22N6. The lowest BCUT2D eigenvalue weighted by Gasteiger charge is -2.32. The molecule has 1 aromatic carbocycles. The standard InChI is InChI=1S/C21H22N6/c1-2-18(20-11-23-12-21(25-20)27-9-7-22-15-27)14-26(8-1)13-16-3-4-19-17(10-16)5-6-24-19/h3-7,9-12,15,18,24H,1-2,8,13-14H2/t18-/m0/s1. The molecule has 1 saturated heterocycles. The lowest BCUT2D eigenvalue weighted by Crippen LogP contribution is -2.34. The van der Waals surface area contributed by atoms with Crippen LogP contribution in [0.1, 0.15) is 30.0 Å². The lowest BCUT2D eigenvalue weighted by molar-refractivity contribution is 0.198. The number of hydrogen-bond donors (Lipinski definition) is 1. The van der Waals surface area contributed by atoms with Crippen molar-refractivity contribution in [1.82, 2.24) is 29.4 Å². The summed E-state index contributed by atoms with van der Waals surface area (Å²) in [4.78, 5) is 19.2. The Morgan fingerprint density at radius 1 is 1.15 bits per heavy atom. The summed E-state index contributed by atoms with van der Waals surface area (Å²) >= 11 is 0. The number of nitrogens with zero attached hydrogens (tertiary/aromatic N) is 5. The second-order valence-electron chi connectivity index (χ2n) is 7.25. The SMILES string of the molecule is c1cn(-c2cncc([C@H]3CCCN(Cc4ccc5[nH]ccc5c4)C3)n2)cn1. The van der Waals surface area contributed by atoms with Gasteiger partial charge in [0.2, 0.25) is 0 Å². The number of fused-ring (bicyclic) bond motifs is 1. The molecule has 6 heteroatoms. The second-order valence-corrected chi connectivity index (χ2v) is 7.25. The zero-order chi connectivity index (χ0) is 18.1. The fourth-order valence-electron chi connectivity index (χ4n) is 3.99. The predicted octanol–water partition coefficient (Wildman–Crippen LogP) is 3.52. The first-order chi connectivity index (χ1) is 13.3. The Morgan fingerprint density at radius 3 is 3.07 bits per heavy atom. The Morgan fingerprint density at radius 2 is 2.15 bits per heavy atom. The smallest absolute Gasteiger partial charge is 0.156 e. The molecule has 0 amide bonds. The summed E-state index contributed by atoms with van der Waals surface area (Å²) in [6.07, 6.45) is 13.5. The van der Waals surface area contributed by atoms with Gasteiger partial charge in [0, 0.05) is 49.3 Å². The van der Waals surface area contributed by atoms with Gasteiger partial charge in [0.25, 0.3) is 0 Å². The molecule has 3 aromatic heterocycles. The summed E-state index contributed by atoms with van der Waals surface area (Å²) in [7, 11) is 0. The highest BCUT2D eigenvalue weighted by Crippen LogP contribution is 2.27. The first-order valence-corrected chi connectivity index (χ1v) is 9.44. The molecule has 1 fully saturated rings. The Kier molecular flexibility index (Phi) is 4.18. The highest BCUT2D eigenvalue weighted by Gasteiger charge is 2.23. The van der Waals surface area contributed by atoms with Gasteiger partial charge in [-0.3, -0.25) is 14.5 Å². The Balaban J connectivity index is 1.32. The van der Waals surface area contributed by atoms with Crippen molar-refractivity contribution in [1.29, 1.82) is 0 Å². The fourth-order valence-corrected chi connectivity index (χ4v) is 3.99. The molecule has 4 heterocycles. The molecule has 0 aliphatic carbocycles. The average Bonchev–Trinajstić information content (AvgIpc) is 3.40. The topological polar surface area (TPSA) is 62.6 Å². The molecule has 0 radical (unpaired) electrons. The van der Waals surface area contributed by atoms with Crippen LogP contribution in [0.3, 0.4) is 0 Å². The number of likely N-dealkylation sites (tertiary alicyclic amines) is 1. The van der Waals surface area contributed by atoms with Crippen LogP contribution in [0.5, 0.6) is 0 Å². The normalized spacial score (nSPS) is 18.1. The number of piperidine rings is 1. The van der Waals surface area contributed by atoms with Gasteiger partial charge >= 0.3 is 0 Å². The number of benzene rings is 1. The van der Waals surface area contributed by atoms with Gasteiger partial charge < -0.3 is 4.98 Å². The number of H-pyrrole nitrogens is 1. The van der Waals surface area contributed by atoms with Crippen LogP contribution in [0.15, 0.2) is 61.6 Å². The molecule has 27 heavy (non-hydrogen) atoms. The first-order valence-electron chi connectivity index (χ1n) is 9.44. The summed E-state index contributed by atoms with van der Waals surface area (Å²) in [5.41, 5.74) is 3.63. The summed E-state index contributed by atoms with van der Waals surface area (Å²) in [5.74, 6) is 1.26. The molecule has 1 atom stereocenters. The maximum Gasteiger partial charge on any atom is 0.156 e. The van der Waals surface area contributed by atoms with Crippen LogP contribution in [-0.2, 0) is 6.54 Å². The summed E-state index contributed by atoms with van der Waals surface area (Å²) in [6.45, 7) is 3.13. The third-order valence-electron chi connectivity index (χ3n) is 5.36. The van der Waals surface area contributed by atoms with Crippen LogP contribution in [-0.4, -0.2) is 42.5 Å². The van der Waals surface area contributed by atoms with Crippen molar-refractivity contribution in [3.8, 4) is 5.82 Å². The predicted molar refractivity (Wildman–Crippen MR) is 105 cm³/mol. The van der Waals surface area contributed by atoms with E-state index in [-0.39, 0.29) is 0 Å². The van der Waals surface area contributed by atoms with Crippen LogP contribution in [0.4, 0.5) is 0 Å². The number of aromatic amines is 1. The zero-order valence-electron chi connectivity index (χ0n) is 15.1.